The molecule has 1 fully saturated rings. The lowest BCUT2D eigenvalue weighted by Crippen LogP contribution is -2.40. The molecule has 1 aliphatic rings. The lowest BCUT2D eigenvalue weighted by atomic mass is 10.1. The van der Waals surface area contributed by atoms with Crippen LogP contribution in [-0.4, -0.2) is 45.3 Å². The summed E-state index contributed by atoms with van der Waals surface area (Å²) in [5.41, 5.74) is 0.0972. The average Bonchev–Trinajstić information content (AvgIpc) is 2.40. The second kappa shape index (κ2) is 8.89. The number of carbonyl (C=O) groups is 2. The van der Waals surface area contributed by atoms with Crippen molar-refractivity contribution in [1.29, 1.82) is 0 Å². The van der Waals surface area contributed by atoms with Crippen LogP contribution in [0.3, 0.4) is 0 Å². The van der Waals surface area contributed by atoms with Crippen molar-refractivity contribution >= 4 is 11.9 Å². The van der Waals surface area contributed by atoms with Crippen molar-refractivity contribution in [1.82, 2.24) is 5.32 Å². The maximum atomic E-state index is 10.3. The first-order valence-electron chi connectivity index (χ1n) is 5.99. The summed E-state index contributed by atoms with van der Waals surface area (Å²) in [6.07, 6.45) is 2.95. The minimum absolute atomic E-state index is 0. The van der Waals surface area contributed by atoms with Gasteiger partial charge in [0.15, 0.2) is 0 Å². The Kier molecular flexibility index (Phi) is 7.95. The maximum absolute atomic E-state index is 10.3. The number of phenolic OH excluding ortho intramolecular Hbond substituents is 1. The van der Waals surface area contributed by atoms with Gasteiger partial charge < -0.3 is 26.1 Å². The van der Waals surface area contributed by atoms with E-state index in [-0.39, 0.29) is 22.8 Å². The lowest BCUT2D eigenvalue weighted by Gasteiger charge is -2.18. The molecule has 1 aromatic rings. The number of hydrogen-bond acceptors (Lipinski definition) is 4. The number of piperidine rings is 1. The van der Waals surface area contributed by atoms with Gasteiger partial charge in [-0.25, -0.2) is 4.79 Å². The van der Waals surface area contributed by atoms with E-state index in [1.165, 1.54) is 24.3 Å². The number of rotatable bonds is 2. The molecule has 2 rings (SSSR count). The van der Waals surface area contributed by atoms with Gasteiger partial charge in [-0.2, -0.15) is 0 Å². The number of aliphatic carboxylic acids is 1. The highest BCUT2D eigenvalue weighted by atomic mass is 16.4. The van der Waals surface area contributed by atoms with E-state index in [4.69, 9.17) is 15.3 Å². The molecule has 1 atom stereocenters. The number of nitrogens with one attached hydrogen (secondary N) is 1. The Morgan fingerprint density at radius 3 is 2.25 bits per heavy atom. The standard InChI is InChI=1S/C7H6O3.C6H11NO2.H2O/c8-6-3-1-2-5(4-6)7(9)10;8-6(9)5-3-1-2-4-7-5;/h1-4,8H,(H,9,10);5,7H,1-4H2,(H,8,9);1H2. The summed E-state index contributed by atoms with van der Waals surface area (Å²) in [5.74, 6) is -1.77. The average molecular weight is 285 g/mol. The van der Waals surface area contributed by atoms with Crippen LogP contribution in [-0.2, 0) is 4.79 Å². The Morgan fingerprint density at radius 1 is 1.20 bits per heavy atom. The molecule has 0 saturated carbocycles. The summed E-state index contributed by atoms with van der Waals surface area (Å²) in [5, 5.41) is 28.6. The van der Waals surface area contributed by atoms with Crippen LogP contribution in [0.5, 0.6) is 5.75 Å². The van der Waals surface area contributed by atoms with Crippen molar-refractivity contribution in [3.05, 3.63) is 29.8 Å². The first kappa shape index (κ1) is 17.9. The third-order valence-electron chi connectivity index (χ3n) is 2.70. The number of phenols is 1. The van der Waals surface area contributed by atoms with Crippen molar-refractivity contribution in [3.8, 4) is 5.75 Å². The summed E-state index contributed by atoms with van der Waals surface area (Å²) in [4.78, 5) is 20.5. The molecule has 7 heteroatoms. The highest BCUT2D eigenvalue weighted by Gasteiger charge is 2.18. The lowest BCUT2D eigenvalue weighted by molar-refractivity contribution is -0.140. The third-order valence-corrected chi connectivity index (χ3v) is 2.70. The Hall–Kier alpha value is -2.12. The van der Waals surface area contributed by atoms with E-state index in [2.05, 4.69) is 5.32 Å². The largest absolute Gasteiger partial charge is 0.508 e. The van der Waals surface area contributed by atoms with Gasteiger partial charge in [0.25, 0.3) is 0 Å². The second-order valence-electron chi connectivity index (χ2n) is 4.20. The summed E-state index contributed by atoms with van der Waals surface area (Å²) in [6.45, 7) is 0.858. The fourth-order valence-corrected chi connectivity index (χ4v) is 1.70. The molecule has 0 aromatic heterocycles. The van der Waals surface area contributed by atoms with E-state index < -0.39 is 11.9 Å². The van der Waals surface area contributed by atoms with Crippen molar-refractivity contribution in [2.45, 2.75) is 25.3 Å². The first-order chi connectivity index (χ1) is 9.00. The van der Waals surface area contributed by atoms with Crippen LogP contribution in [0.1, 0.15) is 29.6 Å². The molecule has 20 heavy (non-hydrogen) atoms. The highest BCUT2D eigenvalue weighted by molar-refractivity contribution is 5.87. The van der Waals surface area contributed by atoms with E-state index in [1.54, 1.807) is 0 Å². The predicted octanol–water partition coefficient (Wildman–Crippen LogP) is 0.479. The van der Waals surface area contributed by atoms with E-state index in [0.717, 1.165) is 25.8 Å². The van der Waals surface area contributed by atoms with Gasteiger partial charge >= 0.3 is 11.9 Å². The molecule has 1 aromatic carbocycles. The van der Waals surface area contributed by atoms with E-state index >= 15 is 0 Å². The summed E-state index contributed by atoms with van der Waals surface area (Å²) < 4.78 is 0. The molecule has 1 unspecified atom stereocenters. The van der Waals surface area contributed by atoms with Crippen LogP contribution >= 0.6 is 0 Å². The van der Waals surface area contributed by atoms with Crippen LogP contribution in [0.15, 0.2) is 24.3 Å². The monoisotopic (exact) mass is 285 g/mol. The normalized spacial score (nSPS) is 17.1. The number of aromatic carboxylic acids is 1. The zero-order chi connectivity index (χ0) is 14.3. The Labute approximate surface area is 116 Å². The molecular formula is C13H19NO6. The second-order valence-corrected chi connectivity index (χ2v) is 4.20. The molecule has 1 aliphatic heterocycles. The third kappa shape index (κ3) is 6.17. The molecule has 7 nitrogen and oxygen atoms in total. The van der Waals surface area contributed by atoms with Gasteiger partial charge in [0.2, 0.25) is 0 Å². The van der Waals surface area contributed by atoms with Gasteiger partial charge in [0.1, 0.15) is 11.8 Å². The van der Waals surface area contributed by atoms with Gasteiger partial charge in [0.05, 0.1) is 5.56 Å². The highest BCUT2D eigenvalue weighted by Crippen LogP contribution is 2.10. The van der Waals surface area contributed by atoms with Gasteiger partial charge in [0, 0.05) is 0 Å². The first-order valence-corrected chi connectivity index (χ1v) is 5.99. The van der Waals surface area contributed by atoms with Crippen molar-refractivity contribution in [2.24, 2.45) is 0 Å². The van der Waals surface area contributed by atoms with Crippen molar-refractivity contribution in [3.63, 3.8) is 0 Å². The van der Waals surface area contributed by atoms with Crippen molar-refractivity contribution in [2.75, 3.05) is 6.54 Å². The molecule has 6 N–H and O–H groups in total. The topological polar surface area (TPSA) is 138 Å². The fourth-order valence-electron chi connectivity index (χ4n) is 1.70. The molecule has 0 aliphatic carbocycles. The maximum Gasteiger partial charge on any atom is 0.335 e. The van der Waals surface area contributed by atoms with E-state index in [9.17, 15) is 9.59 Å². The van der Waals surface area contributed by atoms with Crippen LogP contribution in [0.2, 0.25) is 0 Å². The molecule has 112 valence electrons. The molecule has 0 spiro atoms. The van der Waals surface area contributed by atoms with Crippen LogP contribution in [0.25, 0.3) is 0 Å². The fraction of sp³-hybridized carbons (Fsp3) is 0.385. The van der Waals surface area contributed by atoms with E-state index in [1.807, 2.05) is 0 Å². The molecule has 0 radical (unpaired) electrons. The Bertz CT molecular complexity index is 442. The summed E-state index contributed by atoms with van der Waals surface area (Å²) in [6, 6.07) is 5.24. The number of carboxylic acids is 2. The summed E-state index contributed by atoms with van der Waals surface area (Å²) in [7, 11) is 0. The Balaban J connectivity index is 0.000000345. The van der Waals surface area contributed by atoms with Gasteiger partial charge in [-0.3, -0.25) is 4.79 Å². The van der Waals surface area contributed by atoms with Crippen molar-refractivity contribution < 1.29 is 30.4 Å². The minimum atomic E-state index is -1.03. The smallest absolute Gasteiger partial charge is 0.335 e. The molecule has 0 amide bonds. The Morgan fingerprint density at radius 2 is 1.90 bits per heavy atom. The number of benzene rings is 1. The van der Waals surface area contributed by atoms with Gasteiger partial charge in [-0.1, -0.05) is 12.5 Å². The number of carboxylic acid groups (broad SMARTS) is 2. The number of hydrogen-bond donors (Lipinski definition) is 4. The van der Waals surface area contributed by atoms with Gasteiger partial charge in [-0.05, 0) is 37.6 Å². The molecular weight excluding hydrogens is 266 g/mol. The summed E-state index contributed by atoms with van der Waals surface area (Å²) >= 11 is 0. The quantitative estimate of drug-likeness (QED) is 0.623. The molecule has 0 bridgehead atoms. The minimum Gasteiger partial charge on any atom is -0.508 e. The molecule has 1 saturated heterocycles. The number of aromatic hydroxyl groups is 1. The predicted molar refractivity (Wildman–Crippen MR) is 72.0 cm³/mol. The zero-order valence-corrected chi connectivity index (χ0v) is 10.9. The SMILES string of the molecule is O.O=C(O)C1CCCCN1.O=C(O)c1cccc(O)c1. The van der Waals surface area contributed by atoms with Crippen LogP contribution in [0, 0.1) is 0 Å². The van der Waals surface area contributed by atoms with Crippen LogP contribution in [0.4, 0.5) is 0 Å². The zero-order valence-electron chi connectivity index (χ0n) is 10.9. The van der Waals surface area contributed by atoms with Crippen LogP contribution < -0.4 is 5.32 Å². The van der Waals surface area contributed by atoms with Gasteiger partial charge in [-0.15, -0.1) is 0 Å². The molecule has 1 heterocycles. The van der Waals surface area contributed by atoms with E-state index in [0.29, 0.717) is 0 Å².